The van der Waals surface area contributed by atoms with Crippen molar-refractivity contribution in [2.75, 3.05) is 11.1 Å². The molecule has 7 nitrogen and oxygen atoms in total. The van der Waals surface area contributed by atoms with Gasteiger partial charge in [-0.05, 0) is 44.4 Å². The third-order valence-corrected chi connectivity index (χ3v) is 7.70. The number of hydrogen-bond acceptors (Lipinski definition) is 5. The van der Waals surface area contributed by atoms with Crippen molar-refractivity contribution in [1.29, 1.82) is 0 Å². The van der Waals surface area contributed by atoms with E-state index in [1.807, 2.05) is 62.4 Å². The SMILES string of the molecule is CCC1(C)Cc2ccccc2-c2nc3n(C(C)C)nc(SCC(=O)Nc4ccccc4)n3c(=O)c21. The van der Waals surface area contributed by atoms with Crippen LogP contribution in [0.15, 0.2) is 64.5 Å². The van der Waals surface area contributed by atoms with Crippen molar-refractivity contribution in [2.24, 2.45) is 0 Å². The molecule has 5 rings (SSSR count). The quantitative estimate of drug-likeness (QED) is 0.383. The summed E-state index contributed by atoms with van der Waals surface area (Å²) >= 11 is 1.25. The molecule has 1 N–H and O–H groups in total. The number of nitrogens with zero attached hydrogens (tertiary/aromatic N) is 4. The molecular weight excluding hydrogens is 458 g/mol. The lowest BCUT2D eigenvalue weighted by molar-refractivity contribution is -0.113. The first kappa shape index (κ1) is 23.4. The van der Waals surface area contributed by atoms with Crippen molar-refractivity contribution in [1.82, 2.24) is 19.2 Å². The highest BCUT2D eigenvalue weighted by Gasteiger charge is 2.38. The Labute approximate surface area is 208 Å². The number of anilines is 1. The van der Waals surface area contributed by atoms with Crippen LogP contribution in [-0.2, 0) is 16.6 Å². The maximum Gasteiger partial charge on any atom is 0.265 e. The highest BCUT2D eigenvalue weighted by atomic mass is 32.2. The van der Waals surface area contributed by atoms with Crippen molar-refractivity contribution in [3.8, 4) is 11.3 Å². The highest BCUT2D eigenvalue weighted by Crippen LogP contribution is 2.42. The average molecular weight is 488 g/mol. The van der Waals surface area contributed by atoms with Gasteiger partial charge in [-0.15, -0.1) is 5.10 Å². The van der Waals surface area contributed by atoms with Crippen LogP contribution in [0.1, 0.15) is 51.3 Å². The standard InChI is InChI=1S/C27H29N5O2S/c1-5-27(4)15-18-11-9-10-14-20(18)23-22(27)24(34)31-25(29-23)32(17(2)3)30-26(31)35-16-21(33)28-19-12-7-6-8-13-19/h6-14,17H,5,15-16H2,1-4H3,(H,28,33). The van der Waals surface area contributed by atoms with E-state index in [0.717, 1.165) is 35.3 Å². The van der Waals surface area contributed by atoms with Gasteiger partial charge in [0.25, 0.3) is 5.56 Å². The zero-order valence-electron chi connectivity index (χ0n) is 20.4. The van der Waals surface area contributed by atoms with Gasteiger partial charge in [0.1, 0.15) is 0 Å². The van der Waals surface area contributed by atoms with E-state index in [2.05, 4.69) is 25.2 Å². The van der Waals surface area contributed by atoms with Gasteiger partial charge in [0.05, 0.1) is 23.1 Å². The van der Waals surface area contributed by atoms with Gasteiger partial charge in [-0.3, -0.25) is 9.59 Å². The molecule has 0 bridgehead atoms. The number of carbonyl (C=O) groups excluding carboxylic acids is 1. The monoisotopic (exact) mass is 487 g/mol. The Morgan fingerprint density at radius 2 is 1.86 bits per heavy atom. The summed E-state index contributed by atoms with van der Waals surface area (Å²) in [6, 6.07) is 17.5. The molecule has 8 heteroatoms. The number of carbonyl (C=O) groups is 1. The normalized spacial score (nSPS) is 16.8. The molecule has 0 aliphatic heterocycles. The highest BCUT2D eigenvalue weighted by molar-refractivity contribution is 7.99. The van der Waals surface area contributed by atoms with E-state index >= 15 is 0 Å². The Morgan fingerprint density at radius 1 is 1.14 bits per heavy atom. The first-order chi connectivity index (χ1) is 16.8. The van der Waals surface area contributed by atoms with Gasteiger partial charge in [-0.2, -0.15) is 0 Å². The number of hydrogen-bond donors (Lipinski definition) is 1. The molecule has 1 unspecified atom stereocenters. The molecule has 0 saturated heterocycles. The number of amides is 1. The lowest BCUT2D eigenvalue weighted by atomic mass is 9.69. The molecule has 0 radical (unpaired) electrons. The fourth-order valence-corrected chi connectivity index (χ4v) is 5.53. The van der Waals surface area contributed by atoms with Gasteiger partial charge in [-0.1, -0.05) is 68.1 Å². The predicted octanol–water partition coefficient (Wildman–Crippen LogP) is 5.09. The van der Waals surface area contributed by atoms with E-state index in [1.54, 1.807) is 9.08 Å². The molecule has 1 aliphatic rings. The van der Waals surface area contributed by atoms with Gasteiger partial charge in [0.15, 0.2) is 5.16 Å². The van der Waals surface area contributed by atoms with Crippen LogP contribution in [0, 0.1) is 0 Å². The minimum absolute atomic E-state index is 0.00108. The maximum atomic E-state index is 14.1. The van der Waals surface area contributed by atoms with Gasteiger partial charge in [0.2, 0.25) is 11.7 Å². The number of para-hydroxylation sites is 1. The molecule has 1 amide bonds. The zero-order valence-corrected chi connectivity index (χ0v) is 21.2. The van der Waals surface area contributed by atoms with Crippen LogP contribution in [0.2, 0.25) is 0 Å². The van der Waals surface area contributed by atoms with Gasteiger partial charge in [0, 0.05) is 16.7 Å². The van der Waals surface area contributed by atoms with Gasteiger partial charge < -0.3 is 5.32 Å². The number of thioether (sulfide) groups is 1. The van der Waals surface area contributed by atoms with Crippen LogP contribution in [0.3, 0.4) is 0 Å². The lowest BCUT2D eigenvalue weighted by Crippen LogP contribution is -2.38. The van der Waals surface area contributed by atoms with Crippen LogP contribution < -0.4 is 10.9 Å². The molecule has 2 heterocycles. The van der Waals surface area contributed by atoms with E-state index in [9.17, 15) is 9.59 Å². The number of rotatable bonds is 6. The average Bonchev–Trinajstić information content (AvgIpc) is 3.22. The van der Waals surface area contributed by atoms with Crippen LogP contribution in [-0.4, -0.2) is 30.8 Å². The van der Waals surface area contributed by atoms with Crippen LogP contribution in [0.5, 0.6) is 0 Å². The second-order valence-electron chi connectivity index (χ2n) is 9.55. The van der Waals surface area contributed by atoms with Crippen molar-refractivity contribution in [2.45, 2.75) is 57.1 Å². The van der Waals surface area contributed by atoms with E-state index in [1.165, 1.54) is 17.3 Å². The van der Waals surface area contributed by atoms with Crippen LogP contribution in [0.25, 0.3) is 17.0 Å². The third kappa shape index (κ3) is 4.05. The minimum Gasteiger partial charge on any atom is -0.325 e. The number of aromatic nitrogens is 4. The van der Waals surface area contributed by atoms with E-state index in [0.29, 0.717) is 10.9 Å². The summed E-state index contributed by atoms with van der Waals surface area (Å²) in [7, 11) is 0. The minimum atomic E-state index is -0.332. The third-order valence-electron chi connectivity index (χ3n) is 6.77. The Balaban J connectivity index is 1.62. The van der Waals surface area contributed by atoms with Gasteiger partial charge in [-0.25, -0.2) is 14.1 Å². The smallest absolute Gasteiger partial charge is 0.265 e. The Kier molecular flexibility index (Phi) is 6.01. The molecule has 1 atom stereocenters. The zero-order chi connectivity index (χ0) is 24.7. The second-order valence-corrected chi connectivity index (χ2v) is 10.5. The fourth-order valence-electron chi connectivity index (χ4n) is 4.76. The Hall–Kier alpha value is -3.39. The fraction of sp³-hybridized carbons (Fsp3) is 0.333. The summed E-state index contributed by atoms with van der Waals surface area (Å²) in [5, 5.41) is 8.10. The molecule has 2 aromatic carbocycles. The molecule has 2 aromatic heterocycles. The molecule has 0 saturated carbocycles. The van der Waals surface area contributed by atoms with Crippen LogP contribution >= 0.6 is 11.8 Å². The van der Waals surface area contributed by atoms with Crippen molar-refractivity contribution >= 4 is 29.1 Å². The molecule has 35 heavy (non-hydrogen) atoms. The summed E-state index contributed by atoms with van der Waals surface area (Å²) < 4.78 is 3.38. The molecule has 0 spiro atoms. The summed E-state index contributed by atoms with van der Waals surface area (Å²) in [5.74, 6) is 0.487. The second kappa shape index (κ2) is 9.00. The number of fused-ring (bicyclic) bond motifs is 4. The summed E-state index contributed by atoms with van der Waals surface area (Å²) in [5.41, 5.74) is 4.02. The van der Waals surface area contributed by atoms with Crippen molar-refractivity contribution < 1.29 is 4.79 Å². The Bertz CT molecular complexity index is 1470. The lowest BCUT2D eigenvalue weighted by Gasteiger charge is -2.35. The maximum absolute atomic E-state index is 14.1. The van der Waals surface area contributed by atoms with E-state index < -0.39 is 0 Å². The largest absolute Gasteiger partial charge is 0.325 e. The van der Waals surface area contributed by atoms with Crippen LogP contribution in [0.4, 0.5) is 5.69 Å². The molecule has 180 valence electrons. The molecular formula is C27H29N5O2S. The number of nitrogens with one attached hydrogen (secondary N) is 1. The van der Waals surface area contributed by atoms with Crippen molar-refractivity contribution in [3.05, 3.63) is 76.1 Å². The topological polar surface area (TPSA) is 81.3 Å². The number of benzene rings is 2. The first-order valence-corrected chi connectivity index (χ1v) is 12.9. The molecule has 1 aliphatic carbocycles. The Morgan fingerprint density at radius 3 is 2.57 bits per heavy atom. The first-order valence-electron chi connectivity index (χ1n) is 11.9. The van der Waals surface area contributed by atoms with E-state index in [4.69, 9.17) is 10.1 Å². The summed E-state index contributed by atoms with van der Waals surface area (Å²) in [6.45, 7) is 8.29. The van der Waals surface area contributed by atoms with E-state index in [-0.39, 0.29) is 28.7 Å². The molecule has 0 fully saturated rings. The summed E-state index contributed by atoms with van der Waals surface area (Å²) in [4.78, 5) is 31.8. The summed E-state index contributed by atoms with van der Waals surface area (Å²) in [6.07, 6.45) is 1.60. The molecule has 4 aromatic rings. The predicted molar refractivity (Wildman–Crippen MR) is 140 cm³/mol. The van der Waals surface area contributed by atoms with Gasteiger partial charge >= 0.3 is 0 Å². The van der Waals surface area contributed by atoms with Crippen molar-refractivity contribution in [3.63, 3.8) is 0 Å².